The molecule has 0 bridgehead atoms. The van der Waals surface area contributed by atoms with Gasteiger partial charge in [0.15, 0.2) is 0 Å². The van der Waals surface area contributed by atoms with Gasteiger partial charge in [-0.2, -0.15) is 9.97 Å². The summed E-state index contributed by atoms with van der Waals surface area (Å²) in [5.74, 6) is 0.261. The van der Waals surface area contributed by atoms with Gasteiger partial charge in [0.05, 0.1) is 24.2 Å². The number of carbonyl (C=O) groups is 2. The predicted molar refractivity (Wildman–Crippen MR) is 200 cm³/mol. The zero-order valence-corrected chi connectivity index (χ0v) is 29.9. The number of anilines is 2. The Hall–Kier alpha value is -7.10. The van der Waals surface area contributed by atoms with Crippen LogP contribution in [0.4, 0.5) is 20.2 Å². The molecule has 6 heterocycles. The largest absolute Gasteiger partial charge is 0.339 e. The van der Waals surface area contributed by atoms with Gasteiger partial charge in [0.25, 0.3) is 11.8 Å². The molecule has 16 heteroatoms. The monoisotopic (exact) mass is 754 g/mol. The van der Waals surface area contributed by atoms with Crippen LogP contribution in [0.15, 0.2) is 107 Å². The number of nitrogens with zero attached hydrogens (tertiary/aromatic N) is 8. The smallest absolute Gasteiger partial charge is 0.274 e. The molecule has 0 spiro atoms. The fourth-order valence-corrected chi connectivity index (χ4v) is 6.21. The van der Waals surface area contributed by atoms with Crippen molar-refractivity contribution < 1.29 is 27.4 Å². The molecule has 2 saturated carbocycles. The minimum Gasteiger partial charge on any atom is -0.339 e. The predicted octanol–water partition coefficient (Wildman–Crippen LogP) is 7.54. The lowest BCUT2D eigenvalue weighted by atomic mass is 10.1. The third-order valence-corrected chi connectivity index (χ3v) is 9.73. The van der Waals surface area contributed by atoms with Crippen molar-refractivity contribution in [2.45, 2.75) is 50.9 Å². The van der Waals surface area contributed by atoms with Crippen LogP contribution in [0.25, 0.3) is 34.1 Å². The molecular formula is C40H32F2N10O4. The quantitative estimate of drug-likeness (QED) is 0.158. The van der Waals surface area contributed by atoms with E-state index in [1.54, 1.807) is 45.7 Å². The van der Waals surface area contributed by atoms with Gasteiger partial charge in [0.2, 0.25) is 23.4 Å². The molecule has 2 fully saturated rings. The molecule has 6 aromatic heterocycles. The molecule has 0 unspecified atom stereocenters. The van der Waals surface area contributed by atoms with Crippen molar-refractivity contribution in [3.63, 3.8) is 0 Å². The molecule has 10 rings (SSSR count). The minimum atomic E-state index is -0.897. The van der Waals surface area contributed by atoms with Crippen molar-refractivity contribution in [2.75, 3.05) is 10.6 Å². The molecule has 0 radical (unpaired) electrons. The molecule has 2 amide bonds. The fraction of sp³-hybridized carbons (Fsp3) is 0.200. The first-order valence-electron chi connectivity index (χ1n) is 17.8. The number of benzene rings is 2. The van der Waals surface area contributed by atoms with Crippen LogP contribution in [0.5, 0.6) is 0 Å². The molecule has 14 nitrogen and oxygen atoms in total. The Kier molecular flexibility index (Phi) is 8.63. The van der Waals surface area contributed by atoms with Gasteiger partial charge in [0.1, 0.15) is 35.0 Å². The van der Waals surface area contributed by atoms with Gasteiger partial charge >= 0.3 is 0 Å². The number of hydrogen-bond acceptors (Lipinski definition) is 10. The maximum absolute atomic E-state index is 13.2. The van der Waals surface area contributed by atoms with E-state index in [0.717, 1.165) is 11.1 Å². The number of carbonyl (C=O) groups excluding carboxylic acids is 2. The van der Waals surface area contributed by atoms with E-state index < -0.39 is 12.3 Å². The average Bonchev–Trinajstić information content (AvgIpc) is 3.71. The number of hydrogen-bond donors (Lipinski definition) is 2. The first-order valence-corrected chi connectivity index (χ1v) is 17.8. The molecule has 280 valence electrons. The van der Waals surface area contributed by atoms with Crippen LogP contribution in [0.2, 0.25) is 0 Å². The summed E-state index contributed by atoms with van der Waals surface area (Å²) in [6.07, 6.45) is 5.72. The topological polar surface area (TPSA) is 171 Å². The van der Waals surface area contributed by atoms with E-state index in [4.69, 9.17) is 9.05 Å². The first-order chi connectivity index (χ1) is 27.2. The van der Waals surface area contributed by atoms with E-state index in [2.05, 4.69) is 40.9 Å². The van der Waals surface area contributed by atoms with Crippen molar-refractivity contribution in [1.82, 2.24) is 39.1 Å². The zero-order valence-electron chi connectivity index (χ0n) is 29.9. The Morgan fingerprint density at radius 1 is 0.661 bits per heavy atom. The number of fused-ring (bicyclic) bond motifs is 2. The van der Waals surface area contributed by atoms with Crippen LogP contribution in [0.3, 0.4) is 0 Å². The summed E-state index contributed by atoms with van der Waals surface area (Å²) in [6, 6.07) is 22.1. The molecule has 2 N–H and O–H groups in total. The molecule has 4 atom stereocenters. The third-order valence-electron chi connectivity index (χ3n) is 9.73. The van der Waals surface area contributed by atoms with E-state index in [1.165, 1.54) is 0 Å². The summed E-state index contributed by atoms with van der Waals surface area (Å²) < 4.78 is 40.2. The van der Waals surface area contributed by atoms with Crippen molar-refractivity contribution in [2.24, 2.45) is 0 Å². The van der Waals surface area contributed by atoms with Gasteiger partial charge in [-0.05, 0) is 74.2 Å². The molecule has 8 aromatic rings. The number of nitrogens with one attached hydrogen (secondary N) is 2. The highest BCUT2D eigenvalue weighted by atomic mass is 19.1. The van der Waals surface area contributed by atoms with E-state index in [0.29, 0.717) is 81.5 Å². The summed E-state index contributed by atoms with van der Waals surface area (Å²) in [7, 11) is 0. The Balaban J connectivity index is 0.000000146. The Labute approximate surface area is 316 Å². The Morgan fingerprint density at radius 3 is 1.50 bits per heavy atom. The SMILES string of the molecule is Cc1ccc(-c2noc([C@H]3C[C@@H]3F)n2)cc1NC(=O)c1cnc2ccccn12.Cc1ccc(-c2noc([C@H]3C[C@@H]3F)n2)cc1NC(=O)c1cnc2ccccn12. The summed E-state index contributed by atoms with van der Waals surface area (Å²) >= 11 is 0. The van der Waals surface area contributed by atoms with Crippen molar-refractivity contribution in [3.05, 3.63) is 132 Å². The van der Waals surface area contributed by atoms with Gasteiger partial charge in [-0.25, -0.2) is 18.7 Å². The zero-order chi connectivity index (χ0) is 38.5. The maximum atomic E-state index is 13.2. The lowest BCUT2D eigenvalue weighted by molar-refractivity contribution is 0.101. The second-order valence-electron chi connectivity index (χ2n) is 13.7. The van der Waals surface area contributed by atoms with E-state index in [1.807, 2.05) is 74.5 Å². The van der Waals surface area contributed by atoms with Crippen LogP contribution in [0.1, 0.15) is 68.6 Å². The van der Waals surface area contributed by atoms with Crippen LogP contribution in [-0.4, -0.2) is 63.2 Å². The van der Waals surface area contributed by atoms with Crippen LogP contribution < -0.4 is 10.6 Å². The van der Waals surface area contributed by atoms with Crippen molar-refractivity contribution in [3.8, 4) is 22.8 Å². The number of halogens is 2. The molecule has 2 aliphatic rings. The van der Waals surface area contributed by atoms with Crippen LogP contribution >= 0.6 is 0 Å². The summed E-state index contributed by atoms with van der Waals surface area (Å²) in [5, 5.41) is 13.7. The standard InChI is InChI=1S/2C20H16FN5O2/c2*1-11-5-6-12(18-24-20(28-25-18)13-9-14(13)21)8-15(11)23-19(27)16-10-22-17-4-2-3-7-26(16)17/h2*2-8,10,13-14H,9H2,1H3,(H,23,27)/t2*13-,14-/m00/s1. The number of alkyl halides is 2. The summed E-state index contributed by atoms with van der Waals surface area (Å²) in [6.45, 7) is 3.79. The van der Waals surface area contributed by atoms with Crippen molar-refractivity contribution in [1.29, 1.82) is 0 Å². The van der Waals surface area contributed by atoms with Gasteiger partial charge in [-0.1, -0.05) is 46.7 Å². The third kappa shape index (κ3) is 6.76. The molecule has 56 heavy (non-hydrogen) atoms. The Morgan fingerprint density at radius 2 is 1.09 bits per heavy atom. The van der Waals surface area contributed by atoms with Crippen LogP contribution in [-0.2, 0) is 0 Å². The van der Waals surface area contributed by atoms with Gasteiger partial charge in [-0.3, -0.25) is 18.4 Å². The second-order valence-corrected chi connectivity index (χ2v) is 13.7. The van der Waals surface area contributed by atoms with Gasteiger partial charge in [0, 0.05) is 34.9 Å². The number of aryl methyl sites for hydroxylation is 2. The molecular weight excluding hydrogens is 723 g/mol. The normalized spacial score (nSPS) is 18.4. The second kappa shape index (κ2) is 14.0. The maximum Gasteiger partial charge on any atom is 0.274 e. The molecule has 2 aliphatic carbocycles. The van der Waals surface area contributed by atoms with Crippen LogP contribution in [0, 0.1) is 13.8 Å². The fourth-order valence-electron chi connectivity index (χ4n) is 6.21. The molecule has 2 aromatic carbocycles. The highest BCUT2D eigenvalue weighted by Crippen LogP contribution is 2.44. The number of imidazole rings is 2. The molecule has 0 saturated heterocycles. The molecule has 0 aliphatic heterocycles. The highest BCUT2D eigenvalue weighted by Gasteiger charge is 2.44. The number of amides is 2. The number of rotatable bonds is 8. The lowest BCUT2D eigenvalue weighted by Gasteiger charge is -2.09. The van der Waals surface area contributed by atoms with E-state index >= 15 is 0 Å². The van der Waals surface area contributed by atoms with Crippen molar-refractivity contribution >= 4 is 34.5 Å². The number of aromatic nitrogens is 8. The summed E-state index contributed by atoms with van der Waals surface area (Å²) in [5.41, 5.74) is 6.68. The minimum absolute atomic E-state index is 0.272. The van der Waals surface area contributed by atoms with E-state index in [-0.39, 0.29) is 23.7 Å². The number of pyridine rings is 2. The highest BCUT2D eigenvalue weighted by molar-refractivity contribution is 6.05. The lowest BCUT2D eigenvalue weighted by Crippen LogP contribution is -2.15. The summed E-state index contributed by atoms with van der Waals surface area (Å²) in [4.78, 5) is 42.6. The average molecular weight is 755 g/mol. The Bertz CT molecular complexity index is 2580. The van der Waals surface area contributed by atoms with Gasteiger partial charge in [-0.15, -0.1) is 0 Å². The van der Waals surface area contributed by atoms with E-state index in [9.17, 15) is 18.4 Å². The van der Waals surface area contributed by atoms with Gasteiger partial charge < -0.3 is 19.7 Å². The first kappa shape index (κ1) is 34.7.